The van der Waals surface area contributed by atoms with Crippen LogP contribution in [0.5, 0.6) is 0 Å². The Bertz CT molecular complexity index is 218. The van der Waals surface area contributed by atoms with Crippen molar-refractivity contribution in [3.8, 4) is 0 Å². The molecule has 12 heavy (non-hydrogen) atoms. The maximum Gasteiger partial charge on any atom is 0.188 e. The molecular weight excluding hydrogens is 174 g/mol. The lowest BCUT2D eigenvalue weighted by molar-refractivity contribution is 0.545. The van der Waals surface area contributed by atoms with Crippen molar-refractivity contribution < 1.29 is 0 Å². The topological polar surface area (TPSA) is 66.5 Å². The summed E-state index contributed by atoms with van der Waals surface area (Å²) in [6, 6.07) is 0.633. The lowest BCUT2D eigenvalue weighted by Crippen LogP contribution is -2.28. The maximum atomic E-state index is 3.86. The molecule has 1 fully saturated rings. The van der Waals surface area contributed by atoms with E-state index in [2.05, 4.69) is 25.9 Å². The standard InChI is InChI=1S/C6H11N5S/c1-2-12-4-5(1)7-3-6-8-10-11-9-6/h5,7H,1-4H2,(H,8,9,10,11). The third-order valence-electron chi connectivity index (χ3n) is 1.87. The van der Waals surface area contributed by atoms with Crippen molar-refractivity contribution in [2.24, 2.45) is 0 Å². The van der Waals surface area contributed by atoms with E-state index in [0.29, 0.717) is 6.04 Å². The largest absolute Gasteiger partial charge is 0.306 e. The molecule has 0 amide bonds. The summed E-state index contributed by atoms with van der Waals surface area (Å²) in [6.45, 7) is 0.724. The van der Waals surface area contributed by atoms with Crippen LogP contribution in [0.2, 0.25) is 0 Å². The zero-order valence-electron chi connectivity index (χ0n) is 6.66. The van der Waals surface area contributed by atoms with Gasteiger partial charge in [0.2, 0.25) is 0 Å². The van der Waals surface area contributed by atoms with Crippen molar-refractivity contribution in [2.75, 3.05) is 11.5 Å². The number of thioether (sulfide) groups is 1. The van der Waals surface area contributed by atoms with Crippen LogP contribution in [0, 0.1) is 0 Å². The van der Waals surface area contributed by atoms with E-state index in [1.165, 1.54) is 17.9 Å². The molecule has 5 nitrogen and oxygen atoms in total. The average Bonchev–Trinajstić information content (AvgIpc) is 2.74. The summed E-state index contributed by atoms with van der Waals surface area (Å²) < 4.78 is 0. The molecule has 2 N–H and O–H groups in total. The molecule has 1 aromatic heterocycles. The Balaban J connectivity index is 1.74. The smallest absolute Gasteiger partial charge is 0.188 e. The van der Waals surface area contributed by atoms with Crippen LogP contribution in [0.3, 0.4) is 0 Å². The first kappa shape index (κ1) is 8.00. The Labute approximate surface area is 74.7 Å². The van der Waals surface area contributed by atoms with Gasteiger partial charge >= 0.3 is 0 Å². The predicted molar refractivity (Wildman–Crippen MR) is 46.7 cm³/mol. The van der Waals surface area contributed by atoms with Crippen molar-refractivity contribution in [1.29, 1.82) is 0 Å². The predicted octanol–water partition coefficient (Wildman–Crippen LogP) is -0.205. The average molecular weight is 185 g/mol. The van der Waals surface area contributed by atoms with E-state index in [9.17, 15) is 0 Å². The fraction of sp³-hybridized carbons (Fsp3) is 0.833. The summed E-state index contributed by atoms with van der Waals surface area (Å²) >= 11 is 1.99. The summed E-state index contributed by atoms with van der Waals surface area (Å²) in [5, 5.41) is 17.0. The zero-order valence-corrected chi connectivity index (χ0v) is 7.47. The number of rotatable bonds is 3. The van der Waals surface area contributed by atoms with E-state index in [4.69, 9.17) is 0 Å². The summed E-state index contributed by atoms with van der Waals surface area (Å²) in [6.07, 6.45) is 1.25. The molecule has 6 heteroatoms. The molecule has 1 unspecified atom stereocenters. The highest BCUT2D eigenvalue weighted by molar-refractivity contribution is 7.99. The van der Waals surface area contributed by atoms with Gasteiger partial charge in [-0.25, -0.2) is 0 Å². The van der Waals surface area contributed by atoms with Crippen molar-refractivity contribution >= 4 is 11.8 Å². The van der Waals surface area contributed by atoms with Gasteiger partial charge in [-0.15, -0.1) is 10.2 Å². The minimum absolute atomic E-state index is 0.633. The van der Waals surface area contributed by atoms with Crippen molar-refractivity contribution in [3.63, 3.8) is 0 Å². The van der Waals surface area contributed by atoms with Gasteiger partial charge in [0, 0.05) is 11.8 Å². The summed E-state index contributed by atoms with van der Waals surface area (Å²) in [4.78, 5) is 0. The quantitative estimate of drug-likeness (QED) is 0.682. The molecule has 0 spiro atoms. The number of hydrogen-bond donors (Lipinski definition) is 2. The number of tetrazole rings is 1. The number of aromatic nitrogens is 4. The monoisotopic (exact) mass is 185 g/mol. The molecule has 1 atom stereocenters. The van der Waals surface area contributed by atoms with Gasteiger partial charge in [0.1, 0.15) is 0 Å². The van der Waals surface area contributed by atoms with E-state index >= 15 is 0 Å². The summed E-state index contributed by atoms with van der Waals surface area (Å²) in [5.74, 6) is 3.22. The fourth-order valence-electron chi connectivity index (χ4n) is 1.19. The van der Waals surface area contributed by atoms with Gasteiger partial charge in [-0.3, -0.25) is 0 Å². The highest BCUT2D eigenvalue weighted by Crippen LogP contribution is 2.16. The van der Waals surface area contributed by atoms with Crippen LogP contribution >= 0.6 is 11.8 Å². The minimum atomic E-state index is 0.633. The van der Waals surface area contributed by atoms with Gasteiger partial charge in [-0.1, -0.05) is 5.21 Å². The van der Waals surface area contributed by atoms with Crippen LogP contribution in [-0.2, 0) is 6.54 Å². The molecule has 1 aliphatic rings. The normalized spacial score (nSPS) is 23.2. The van der Waals surface area contributed by atoms with Crippen molar-refractivity contribution in [1.82, 2.24) is 25.9 Å². The Morgan fingerprint density at radius 1 is 1.67 bits per heavy atom. The van der Waals surface area contributed by atoms with Crippen LogP contribution in [-0.4, -0.2) is 38.2 Å². The number of aromatic amines is 1. The third-order valence-corrected chi connectivity index (χ3v) is 3.03. The van der Waals surface area contributed by atoms with Gasteiger partial charge in [-0.05, 0) is 12.2 Å². The molecule has 0 aliphatic carbocycles. The van der Waals surface area contributed by atoms with Crippen LogP contribution in [0.15, 0.2) is 0 Å². The number of nitrogens with zero attached hydrogens (tertiary/aromatic N) is 3. The molecule has 0 aromatic carbocycles. The Morgan fingerprint density at radius 2 is 2.67 bits per heavy atom. The van der Waals surface area contributed by atoms with Crippen LogP contribution in [0.1, 0.15) is 12.2 Å². The zero-order chi connectivity index (χ0) is 8.23. The first-order valence-electron chi connectivity index (χ1n) is 3.98. The molecule has 1 saturated heterocycles. The highest BCUT2D eigenvalue weighted by Gasteiger charge is 2.14. The van der Waals surface area contributed by atoms with Crippen LogP contribution < -0.4 is 5.32 Å². The molecule has 2 rings (SSSR count). The second-order valence-corrected chi connectivity index (χ2v) is 3.92. The van der Waals surface area contributed by atoms with Crippen LogP contribution in [0.25, 0.3) is 0 Å². The molecule has 1 aromatic rings. The van der Waals surface area contributed by atoms with E-state index in [-0.39, 0.29) is 0 Å². The minimum Gasteiger partial charge on any atom is -0.306 e. The lowest BCUT2D eigenvalue weighted by Gasteiger charge is -2.07. The molecule has 2 heterocycles. The van der Waals surface area contributed by atoms with E-state index < -0.39 is 0 Å². The molecular formula is C6H11N5S. The third kappa shape index (κ3) is 1.95. The first-order valence-corrected chi connectivity index (χ1v) is 5.14. The maximum absolute atomic E-state index is 3.86. The fourth-order valence-corrected chi connectivity index (χ4v) is 2.38. The summed E-state index contributed by atoms with van der Waals surface area (Å²) in [5.41, 5.74) is 0. The highest BCUT2D eigenvalue weighted by atomic mass is 32.2. The summed E-state index contributed by atoms with van der Waals surface area (Å²) in [7, 11) is 0. The van der Waals surface area contributed by atoms with Crippen molar-refractivity contribution in [2.45, 2.75) is 19.0 Å². The van der Waals surface area contributed by atoms with Crippen molar-refractivity contribution in [3.05, 3.63) is 5.82 Å². The second kappa shape index (κ2) is 3.86. The Kier molecular flexibility index (Phi) is 2.57. The van der Waals surface area contributed by atoms with E-state index in [0.717, 1.165) is 12.4 Å². The van der Waals surface area contributed by atoms with Gasteiger partial charge < -0.3 is 5.32 Å². The van der Waals surface area contributed by atoms with Gasteiger partial charge in [0.05, 0.1) is 6.54 Å². The SMILES string of the molecule is C1CC(NCc2nn[nH]n2)CS1. The van der Waals surface area contributed by atoms with Gasteiger partial charge in [0.15, 0.2) is 5.82 Å². The van der Waals surface area contributed by atoms with E-state index in [1.807, 2.05) is 11.8 Å². The second-order valence-electron chi connectivity index (χ2n) is 2.77. The molecule has 1 aliphatic heterocycles. The Morgan fingerprint density at radius 3 is 3.33 bits per heavy atom. The Hall–Kier alpha value is -0.620. The lowest BCUT2D eigenvalue weighted by atomic mass is 10.2. The van der Waals surface area contributed by atoms with Crippen LogP contribution in [0.4, 0.5) is 0 Å². The number of hydrogen-bond acceptors (Lipinski definition) is 5. The van der Waals surface area contributed by atoms with E-state index in [1.54, 1.807) is 0 Å². The number of H-pyrrole nitrogens is 1. The number of nitrogens with one attached hydrogen (secondary N) is 2. The molecule has 0 bridgehead atoms. The molecule has 0 saturated carbocycles. The van der Waals surface area contributed by atoms with Gasteiger partial charge in [-0.2, -0.15) is 17.0 Å². The molecule has 66 valence electrons. The molecule has 0 radical (unpaired) electrons. The van der Waals surface area contributed by atoms with Gasteiger partial charge in [0.25, 0.3) is 0 Å². The first-order chi connectivity index (χ1) is 5.95.